The van der Waals surface area contributed by atoms with E-state index in [4.69, 9.17) is 0 Å². The molecule has 1 fully saturated rings. The SMILES string of the molecule is CN(C)c1ccc(C2NCCCNC2=O)cc1. The second-order valence-electron chi connectivity index (χ2n) is 4.52. The molecule has 0 saturated carbocycles. The number of nitrogens with one attached hydrogen (secondary N) is 2. The number of hydrogen-bond donors (Lipinski definition) is 2. The zero-order valence-corrected chi connectivity index (χ0v) is 10.4. The van der Waals surface area contributed by atoms with E-state index < -0.39 is 0 Å². The summed E-state index contributed by atoms with van der Waals surface area (Å²) in [5, 5.41) is 6.19. The second kappa shape index (κ2) is 5.19. The first-order valence-corrected chi connectivity index (χ1v) is 5.97. The van der Waals surface area contributed by atoms with Gasteiger partial charge in [-0.05, 0) is 30.7 Å². The number of carbonyl (C=O) groups is 1. The minimum atomic E-state index is -0.214. The first-order chi connectivity index (χ1) is 8.18. The molecular formula is C13H19N3O. The van der Waals surface area contributed by atoms with Crippen molar-refractivity contribution in [2.45, 2.75) is 12.5 Å². The largest absolute Gasteiger partial charge is 0.378 e. The van der Waals surface area contributed by atoms with Crippen molar-refractivity contribution in [3.63, 3.8) is 0 Å². The molecule has 2 N–H and O–H groups in total. The van der Waals surface area contributed by atoms with E-state index in [1.165, 1.54) is 0 Å². The Hall–Kier alpha value is -1.55. The number of benzene rings is 1. The third-order valence-corrected chi connectivity index (χ3v) is 3.01. The molecule has 17 heavy (non-hydrogen) atoms. The van der Waals surface area contributed by atoms with Crippen LogP contribution < -0.4 is 15.5 Å². The van der Waals surface area contributed by atoms with Crippen molar-refractivity contribution in [2.24, 2.45) is 0 Å². The Kier molecular flexibility index (Phi) is 3.64. The minimum absolute atomic E-state index is 0.0695. The van der Waals surface area contributed by atoms with Crippen LogP contribution in [0, 0.1) is 0 Å². The molecule has 1 aliphatic rings. The van der Waals surface area contributed by atoms with E-state index in [-0.39, 0.29) is 11.9 Å². The van der Waals surface area contributed by atoms with Gasteiger partial charge >= 0.3 is 0 Å². The highest BCUT2D eigenvalue weighted by molar-refractivity contribution is 5.83. The topological polar surface area (TPSA) is 44.4 Å². The zero-order chi connectivity index (χ0) is 12.3. The van der Waals surface area contributed by atoms with Crippen LogP contribution in [0.1, 0.15) is 18.0 Å². The van der Waals surface area contributed by atoms with Crippen LogP contribution in [0.5, 0.6) is 0 Å². The number of nitrogens with zero attached hydrogens (tertiary/aromatic N) is 1. The van der Waals surface area contributed by atoms with Gasteiger partial charge in [-0.15, -0.1) is 0 Å². The van der Waals surface area contributed by atoms with Crippen LogP contribution in [0.4, 0.5) is 5.69 Å². The van der Waals surface area contributed by atoms with Crippen LogP contribution >= 0.6 is 0 Å². The summed E-state index contributed by atoms with van der Waals surface area (Å²) in [5.74, 6) is 0.0695. The Balaban J connectivity index is 2.17. The predicted molar refractivity (Wildman–Crippen MR) is 69.1 cm³/mol. The van der Waals surface area contributed by atoms with Crippen LogP contribution in [0.2, 0.25) is 0 Å². The number of carbonyl (C=O) groups excluding carboxylic acids is 1. The fourth-order valence-electron chi connectivity index (χ4n) is 1.98. The molecule has 0 spiro atoms. The Morgan fingerprint density at radius 1 is 1.18 bits per heavy atom. The van der Waals surface area contributed by atoms with Gasteiger partial charge in [0.2, 0.25) is 5.91 Å². The van der Waals surface area contributed by atoms with Gasteiger partial charge in [0, 0.05) is 26.3 Å². The molecule has 1 aliphatic heterocycles. The molecular weight excluding hydrogens is 214 g/mol. The Bertz CT molecular complexity index is 386. The second-order valence-corrected chi connectivity index (χ2v) is 4.52. The van der Waals surface area contributed by atoms with E-state index in [0.29, 0.717) is 0 Å². The third kappa shape index (κ3) is 2.77. The molecule has 0 bridgehead atoms. The highest BCUT2D eigenvalue weighted by Gasteiger charge is 2.21. The van der Waals surface area contributed by atoms with Gasteiger partial charge in [-0.25, -0.2) is 0 Å². The quantitative estimate of drug-likeness (QED) is 0.798. The Labute approximate surface area is 102 Å². The van der Waals surface area contributed by atoms with Crippen molar-refractivity contribution >= 4 is 11.6 Å². The Morgan fingerprint density at radius 3 is 2.53 bits per heavy atom. The normalized spacial score (nSPS) is 20.6. The average molecular weight is 233 g/mol. The first-order valence-electron chi connectivity index (χ1n) is 5.97. The maximum Gasteiger partial charge on any atom is 0.241 e. The van der Waals surface area contributed by atoms with Gasteiger partial charge in [0.1, 0.15) is 6.04 Å². The molecule has 1 saturated heterocycles. The van der Waals surface area contributed by atoms with Crippen molar-refractivity contribution in [3.05, 3.63) is 29.8 Å². The van der Waals surface area contributed by atoms with Crippen molar-refractivity contribution in [3.8, 4) is 0 Å². The molecule has 0 aromatic heterocycles. The third-order valence-electron chi connectivity index (χ3n) is 3.01. The summed E-state index contributed by atoms with van der Waals surface area (Å²) in [5.41, 5.74) is 2.16. The van der Waals surface area contributed by atoms with Crippen molar-refractivity contribution in [1.82, 2.24) is 10.6 Å². The van der Waals surface area contributed by atoms with Gasteiger partial charge in [0.15, 0.2) is 0 Å². The summed E-state index contributed by atoms with van der Waals surface area (Å²) in [6, 6.07) is 7.88. The van der Waals surface area contributed by atoms with E-state index in [1.807, 2.05) is 43.3 Å². The standard InChI is InChI=1S/C13H19N3O/c1-16(2)11-6-4-10(5-7-11)12-13(17)15-9-3-8-14-12/h4-7,12,14H,3,8-9H2,1-2H3,(H,15,17). The summed E-state index contributed by atoms with van der Waals surface area (Å²) in [7, 11) is 4.01. The minimum Gasteiger partial charge on any atom is -0.378 e. The van der Waals surface area contributed by atoms with E-state index in [1.54, 1.807) is 0 Å². The van der Waals surface area contributed by atoms with Crippen LogP contribution in [0.15, 0.2) is 24.3 Å². The maximum atomic E-state index is 11.8. The van der Waals surface area contributed by atoms with Crippen molar-refractivity contribution in [1.29, 1.82) is 0 Å². The van der Waals surface area contributed by atoms with E-state index in [0.717, 1.165) is 30.8 Å². The molecule has 92 valence electrons. The lowest BCUT2D eigenvalue weighted by molar-refractivity contribution is -0.122. The van der Waals surface area contributed by atoms with Gasteiger partial charge in [0.25, 0.3) is 0 Å². The fraction of sp³-hybridized carbons (Fsp3) is 0.462. The molecule has 1 atom stereocenters. The van der Waals surface area contributed by atoms with E-state index >= 15 is 0 Å². The molecule has 1 heterocycles. The zero-order valence-electron chi connectivity index (χ0n) is 10.4. The smallest absolute Gasteiger partial charge is 0.241 e. The summed E-state index contributed by atoms with van der Waals surface area (Å²) in [6.45, 7) is 1.64. The molecule has 1 amide bonds. The highest BCUT2D eigenvalue weighted by atomic mass is 16.2. The Morgan fingerprint density at radius 2 is 1.88 bits per heavy atom. The van der Waals surface area contributed by atoms with Gasteiger partial charge in [0.05, 0.1) is 0 Å². The lowest BCUT2D eigenvalue weighted by Crippen LogP contribution is -2.33. The number of amides is 1. The molecule has 1 unspecified atom stereocenters. The highest BCUT2D eigenvalue weighted by Crippen LogP contribution is 2.18. The summed E-state index contributed by atoms with van der Waals surface area (Å²) in [4.78, 5) is 13.9. The van der Waals surface area contributed by atoms with Gasteiger partial charge in [-0.1, -0.05) is 12.1 Å². The van der Waals surface area contributed by atoms with E-state index in [2.05, 4.69) is 10.6 Å². The molecule has 0 radical (unpaired) electrons. The summed E-state index contributed by atoms with van der Waals surface area (Å²) >= 11 is 0. The van der Waals surface area contributed by atoms with Crippen LogP contribution in [0.25, 0.3) is 0 Å². The molecule has 4 nitrogen and oxygen atoms in total. The number of rotatable bonds is 2. The van der Waals surface area contributed by atoms with Crippen molar-refractivity contribution in [2.75, 3.05) is 32.1 Å². The van der Waals surface area contributed by atoms with E-state index in [9.17, 15) is 4.79 Å². The van der Waals surface area contributed by atoms with Gasteiger partial charge in [-0.2, -0.15) is 0 Å². The van der Waals surface area contributed by atoms with Gasteiger partial charge in [-0.3, -0.25) is 4.79 Å². The molecule has 0 aliphatic carbocycles. The predicted octanol–water partition coefficient (Wildman–Crippen LogP) is 0.903. The number of anilines is 1. The molecule has 1 aromatic carbocycles. The maximum absolute atomic E-state index is 11.8. The lowest BCUT2D eigenvalue weighted by atomic mass is 10.1. The van der Waals surface area contributed by atoms with Crippen LogP contribution in [0.3, 0.4) is 0 Å². The lowest BCUT2D eigenvalue weighted by Gasteiger charge is -2.17. The van der Waals surface area contributed by atoms with Crippen LogP contribution in [-0.2, 0) is 4.79 Å². The monoisotopic (exact) mass is 233 g/mol. The summed E-state index contributed by atoms with van der Waals surface area (Å²) in [6.07, 6.45) is 0.984. The molecule has 4 heteroatoms. The first kappa shape index (κ1) is 11.9. The molecule has 2 rings (SSSR count). The van der Waals surface area contributed by atoms with Crippen molar-refractivity contribution < 1.29 is 4.79 Å². The summed E-state index contributed by atoms with van der Waals surface area (Å²) < 4.78 is 0. The average Bonchev–Trinajstić information content (AvgIpc) is 2.54. The fourth-order valence-corrected chi connectivity index (χ4v) is 1.98. The van der Waals surface area contributed by atoms with Gasteiger partial charge < -0.3 is 15.5 Å². The number of hydrogen-bond acceptors (Lipinski definition) is 3. The van der Waals surface area contributed by atoms with Crippen LogP contribution in [-0.4, -0.2) is 33.1 Å². The molecule has 1 aromatic rings.